The Balaban J connectivity index is 1.23. The third-order valence-corrected chi connectivity index (χ3v) is 6.07. The Labute approximate surface area is 160 Å². The fourth-order valence-corrected chi connectivity index (χ4v) is 4.31. The highest BCUT2D eigenvalue weighted by molar-refractivity contribution is 7.09. The van der Waals surface area contributed by atoms with Crippen LogP contribution in [0.2, 0.25) is 0 Å². The highest BCUT2D eigenvalue weighted by Crippen LogP contribution is 2.40. The molecular weight excluding hydrogens is 362 g/mol. The summed E-state index contributed by atoms with van der Waals surface area (Å²) < 4.78 is 7.76. The second kappa shape index (κ2) is 6.88. The molecular formula is C18H21N7OS. The predicted octanol–water partition coefficient (Wildman–Crippen LogP) is 2.07. The van der Waals surface area contributed by atoms with Crippen molar-refractivity contribution in [2.24, 2.45) is 5.92 Å². The van der Waals surface area contributed by atoms with E-state index < -0.39 is 0 Å². The van der Waals surface area contributed by atoms with E-state index in [9.17, 15) is 4.79 Å². The summed E-state index contributed by atoms with van der Waals surface area (Å²) in [5.41, 5.74) is -0.0634. The largest absolute Gasteiger partial charge is 0.347 e. The molecule has 5 rings (SSSR count). The van der Waals surface area contributed by atoms with E-state index in [1.807, 2.05) is 12.3 Å². The minimum absolute atomic E-state index is 0.0634. The summed E-state index contributed by atoms with van der Waals surface area (Å²) in [4.78, 5) is 19.3. The predicted molar refractivity (Wildman–Crippen MR) is 102 cm³/mol. The van der Waals surface area contributed by atoms with Gasteiger partial charge in [-0.1, -0.05) is 0 Å². The maximum Gasteiger partial charge on any atom is 0.266 e. The monoisotopic (exact) mass is 383 g/mol. The molecule has 1 aliphatic heterocycles. The van der Waals surface area contributed by atoms with E-state index in [2.05, 4.69) is 19.5 Å². The van der Waals surface area contributed by atoms with Crippen molar-refractivity contribution in [2.75, 3.05) is 18.0 Å². The molecule has 3 aromatic rings. The summed E-state index contributed by atoms with van der Waals surface area (Å²) in [5.74, 6) is 2.74. The molecule has 2 aliphatic rings. The van der Waals surface area contributed by atoms with Crippen molar-refractivity contribution < 1.29 is 0 Å². The molecule has 0 unspecified atom stereocenters. The Hall–Kier alpha value is -2.55. The minimum Gasteiger partial charge on any atom is -0.347 e. The van der Waals surface area contributed by atoms with E-state index in [1.54, 1.807) is 27.7 Å². The lowest BCUT2D eigenvalue weighted by Crippen LogP contribution is -2.37. The van der Waals surface area contributed by atoms with Gasteiger partial charge >= 0.3 is 0 Å². The quantitative estimate of drug-likeness (QED) is 0.671. The average molecular weight is 383 g/mol. The van der Waals surface area contributed by atoms with Crippen LogP contribution in [-0.2, 0) is 6.54 Å². The zero-order valence-electron chi connectivity index (χ0n) is 14.9. The van der Waals surface area contributed by atoms with Gasteiger partial charge in [-0.05, 0) is 43.7 Å². The van der Waals surface area contributed by atoms with E-state index >= 15 is 0 Å². The third-order valence-electron chi connectivity index (χ3n) is 5.28. The highest BCUT2D eigenvalue weighted by atomic mass is 32.1. The van der Waals surface area contributed by atoms with E-state index in [0.29, 0.717) is 24.2 Å². The normalized spacial score (nSPS) is 18.1. The van der Waals surface area contributed by atoms with Gasteiger partial charge in [-0.25, -0.2) is 14.3 Å². The minimum atomic E-state index is -0.0634. The first kappa shape index (κ1) is 16.6. The standard InChI is InChI=1S/C18H21N7OS/c26-16-5-4-15(24-9-1-8-19-24)21-25(16)12-13-6-10-23(11-7-13)18-20-17(22-27-18)14-2-3-14/h1,4-5,8-9,13-14H,2-3,6-7,10-12H2. The van der Waals surface area contributed by atoms with Crippen molar-refractivity contribution in [3.05, 3.63) is 46.8 Å². The second-order valence-corrected chi connectivity index (χ2v) is 8.03. The fraction of sp³-hybridized carbons (Fsp3) is 0.500. The Bertz CT molecular complexity index is 968. The van der Waals surface area contributed by atoms with E-state index in [4.69, 9.17) is 4.98 Å². The van der Waals surface area contributed by atoms with Gasteiger partial charge in [0.15, 0.2) is 5.82 Å². The Morgan fingerprint density at radius 3 is 2.74 bits per heavy atom. The average Bonchev–Trinajstić information content (AvgIpc) is 3.19. The van der Waals surface area contributed by atoms with Gasteiger partial charge in [0, 0.05) is 55.5 Å². The maximum absolute atomic E-state index is 12.2. The van der Waals surface area contributed by atoms with Crippen LogP contribution in [0.4, 0.5) is 5.13 Å². The topological polar surface area (TPSA) is 81.7 Å². The summed E-state index contributed by atoms with van der Waals surface area (Å²) in [6, 6.07) is 5.12. The van der Waals surface area contributed by atoms with Gasteiger partial charge in [0.1, 0.15) is 5.82 Å². The Morgan fingerprint density at radius 1 is 1.15 bits per heavy atom. The molecule has 140 valence electrons. The van der Waals surface area contributed by atoms with Gasteiger partial charge < -0.3 is 4.90 Å². The van der Waals surface area contributed by atoms with Crippen LogP contribution in [0.15, 0.2) is 35.4 Å². The van der Waals surface area contributed by atoms with Gasteiger partial charge in [0.2, 0.25) is 5.13 Å². The zero-order chi connectivity index (χ0) is 18.2. The summed E-state index contributed by atoms with van der Waals surface area (Å²) in [6.07, 6.45) is 8.05. The van der Waals surface area contributed by atoms with Crippen LogP contribution in [0.5, 0.6) is 0 Å². The Kier molecular flexibility index (Phi) is 4.23. The highest BCUT2D eigenvalue weighted by Gasteiger charge is 2.29. The van der Waals surface area contributed by atoms with Crippen LogP contribution in [-0.4, -0.2) is 42.0 Å². The maximum atomic E-state index is 12.2. The first-order chi connectivity index (χ1) is 13.3. The fourth-order valence-electron chi connectivity index (χ4n) is 3.51. The number of hydrogen-bond acceptors (Lipinski definition) is 7. The van der Waals surface area contributed by atoms with Crippen molar-refractivity contribution in [3.63, 3.8) is 0 Å². The van der Waals surface area contributed by atoms with Crippen molar-refractivity contribution in [2.45, 2.75) is 38.1 Å². The number of piperidine rings is 1. The van der Waals surface area contributed by atoms with Crippen LogP contribution in [0.25, 0.3) is 5.82 Å². The third kappa shape index (κ3) is 3.51. The van der Waals surface area contributed by atoms with Crippen LogP contribution < -0.4 is 10.5 Å². The molecule has 8 nitrogen and oxygen atoms in total. The molecule has 1 aliphatic carbocycles. The molecule has 4 heterocycles. The van der Waals surface area contributed by atoms with Gasteiger partial charge in [0.05, 0.1) is 0 Å². The first-order valence-corrected chi connectivity index (χ1v) is 10.2. The lowest BCUT2D eigenvalue weighted by atomic mass is 9.97. The number of anilines is 1. The number of nitrogens with zero attached hydrogens (tertiary/aromatic N) is 7. The van der Waals surface area contributed by atoms with Gasteiger partial charge in [-0.2, -0.15) is 9.47 Å². The van der Waals surface area contributed by atoms with Crippen molar-refractivity contribution in [3.8, 4) is 5.82 Å². The molecule has 0 bridgehead atoms. The Morgan fingerprint density at radius 2 is 2.00 bits per heavy atom. The number of rotatable bonds is 5. The molecule has 0 spiro atoms. The number of aromatic nitrogens is 6. The molecule has 27 heavy (non-hydrogen) atoms. The molecule has 1 saturated carbocycles. The molecule has 0 N–H and O–H groups in total. The molecule has 2 fully saturated rings. The molecule has 0 amide bonds. The number of hydrogen-bond donors (Lipinski definition) is 0. The molecule has 9 heteroatoms. The first-order valence-electron chi connectivity index (χ1n) is 9.43. The van der Waals surface area contributed by atoms with Crippen molar-refractivity contribution in [1.29, 1.82) is 0 Å². The molecule has 3 aromatic heterocycles. The van der Waals surface area contributed by atoms with E-state index in [1.165, 1.54) is 24.4 Å². The smallest absolute Gasteiger partial charge is 0.266 e. The lowest BCUT2D eigenvalue weighted by Gasteiger charge is -2.31. The van der Waals surface area contributed by atoms with Crippen LogP contribution in [0.3, 0.4) is 0 Å². The SMILES string of the molecule is O=c1ccc(-n2cccn2)nn1CC1CCN(c2nc(C3CC3)ns2)CC1. The summed E-state index contributed by atoms with van der Waals surface area (Å²) >= 11 is 1.52. The zero-order valence-corrected chi connectivity index (χ0v) is 15.8. The lowest BCUT2D eigenvalue weighted by molar-refractivity contribution is 0.334. The van der Waals surface area contributed by atoms with Gasteiger partial charge in [-0.3, -0.25) is 4.79 Å². The molecule has 0 radical (unpaired) electrons. The summed E-state index contributed by atoms with van der Waals surface area (Å²) in [5, 5.41) is 9.72. The van der Waals surface area contributed by atoms with Crippen molar-refractivity contribution >= 4 is 16.7 Å². The summed E-state index contributed by atoms with van der Waals surface area (Å²) in [6.45, 7) is 2.56. The second-order valence-electron chi connectivity index (χ2n) is 7.30. The van der Waals surface area contributed by atoms with Gasteiger partial charge in [0.25, 0.3) is 5.56 Å². The molecule has 0 aromatic carbocycles. The molecule has 0 atom stereocenters. The van der Waals surface area contributed by atoms with Crippen molar-refractivity contribution in [1.82, 2.24) is 28.9 Å². The van der Waals surface area contributed by atoms with E-state index in [0.717, 1.165) is 36.9 Å². The van der Waals surface area contributed by atoms with Crippen LogP contribution in [0.1, 0.15) is 37.4 Å². The summed E-state index contributed by atoms with van der Waals surface area (Å²) in [7, 11) is 0. The van der Waals surface area contributed by atoms with Crippen LogP contribution in [0, 0.1) is 5.92 Å². The molecule has 1 saturated heterocycles. The van der Waals surface area contributed by atoms with E-state index in [-0.39, 0.29) is 5.56 Å². The van der Waals surface area contributed by atoms with Crippen LogP contribution >= 0.6 is 11.5 Å². The van der Waals surface area contributed by atoms with Gasteiger partial charge in [-0.15, -0.1) is 5.10 Å².